The molecule has 0 fully saturated rings. The molecule has 0 radical (unpaired) electrons. The van der Waals surface area contributed by atoms with Crippen LogP contribution in [0.25, 0.3) is 21.0 Å². The standard InChI is InChI=1S/C21H17ClN2OS/c1-3-24(17-11-7-4-8-13(17)2)21(25)18-12-15-19(26-18)14-9-5-6-10-16(14)23-20(15)22/h4-12H,3H2,1-2H3. The van der Waals surface area contributed by atoms with Gasteiger partial charge in [-0.3, -0.25) is 4.79 Å². The molecule has 5 heteroatoms. The minimum atomic E-state index is -0.0110. The number of carbonyl (C=O) groups excluding carboxylic acids is 1. The molecule has 3 nitrogen and oxygen atoms in total. The third-order valence-electron chi connectivity index (χ3n) is 4.50. The third kappa shape index (κ3) is 2.75. The van der Waals surface area contributed by atoms with Crippen molar-refractivity contribution in [3.8, 4) is 0 Å². The molecule has 0 bridgehead atoms. The molecular weight excluding hydrogens is 364 g/mol. The molecule has 0 aliphatic heterocycles. The number of hydrogen-bond acceptors (Lipinski definition) is 3. The van der Waals surface area contributed by atoms with Crippen molar-refractivity contribution in [2.24, 2.45) is 0 Å². The first kappa shape index (κ1) is 17.0. The molecule has 0 spiro atoms. The molecule has 26 heavy (non-hydrogen) atoms. The van der Waals surface area contributed by atoms with Crippen LogP contribution in [0.4, 0.5) is 5.69 Å². The first-order valence-electron chi connectivity index (χ1n) is 8.45. The molecule has 4 aromatic rings. The van der Waals surface area contributed by atoms with E-state index in [-0.39, 0.29) is 5.91 Å². The number of para-hydroxylation sites is 2. The number of anilines is 1. The highest BCUT2D eigenvalue weighted by atomic mass is 35.5. The van der Waals surface area contributed by atoms with E-state index in [9.17, 15) is 4.79 Å². The van der Waals surface area contributed by atoms with Gasteiger partial charge in [0.25, 0.3) is 5.91 Å². The molecule has 130 valence electrons. The maximum Gasteiger partial charge on any atom is 0.268 e. The average Bonchev–Trinajstić information content (AvgIpc) is 3.10. The van der Waals surface area contributed by atoms with Crippen LogP contribution in [0, 0.1) is 6.92 Å². The quantitative estimate of drug-likeness (QED) is 0.403. The number of hydrogen-bond donors (Lipinski definition) is 0. The van der Waals surface area contributed by atoms with Crippen molar-refractivity contribution < 1.29 is 4.79 Å². The average molecular weight is 381 g/mol. The van der Waals surface area contributed by atoms with Gasteiger partial charge in [-0.2, -0.15) is 0 Å². The molecule has 2 heterocycles. The number of aryl methyl sites for hydroxylation is 1. The van der Waals surface area contributed by atoms with Crippen LogP contribution in [0.1, 0.15) is 22.2 Å². The van der Waals surface area contributed by atoms with Gasteiger partial charge in [0.2, 0.25) is 0 Å². The first-order chi connectivity index (χ1) is 12.6. The van der Waals surface area contributed by atoms with E-state index in [4.69, 9.17) is 11.6 Å². The summed E-state index contributed by atoms with van der Waals surface area (Å²) in [6.45, 7) is 4.61. The second kappa shape index (κ2) is 6.71. The largest absolute Gasteiger partial charge is 0.308 e. The number of pyridine rings is 1. The lowest BCUT2D eigenvalue weighted by Gasteiger charge is -2.22. The number of rotatable bonds is 3. The van der Waals surface area contributed by atoms with Crippen molar-refractivity contribution in [2.75, 3.05) is 11.4 Å². The van der Waals surface area contributed by atoms with Crippen LogP contribution in [-0.4, -0.2) is 17.4 Å². The number of halogens is 1. The topological polar surface area (TPSA) is 33.2 Å². The molecule has 0 aliphatic rings. The summed E-state index contributed by atoms with van der Waals surface area (Å²) < 4.78 is 1.00. The Labute approximate surface area is 160 Å². The van der Waals surface area contributed by atoms with Gasteiger partial charge >= 0.3 is 0 Å². The molecule has 0 saturated heterocycles. The van der Waals surface area contributed by atoms with Gasteiger partial charge in [-0.15, -0.1) is 11.3 Å². The molecule has 0 unspecified atom stereocenters. The van der Waals surface area contributed by atoms with Gasteiger partial charge in [0.05, 0.1) is 10.4 Å². The van der Waals surface area contributed by atoms with Crippen molar-refractivity contribution >= 4 is 55.5 Å². The van der Waals surface area contributed by atoms with Gasteiger partial charge in [-0.25, -0.2) is 4.98 Å². The van der Waals surface area contributed by atoms with Crippen LogP contribution < -0.4 is 4.90 Å². The first-order valence-corrected chi connectivity index (χ1v) is 9.65. The normalized spacial score (nSPS) is 11.2. The maximum atomic E-state index is 13.2. The minimum absolute atomic E-state index is 0.0110. The number of carbonyl (C=O) groups is 1. The molecule has 1 amide bonds. The van der Waals surface area contributed by atoms with E-state index in [2.05, 4.69) is 4.98 Å². The number of thiophene rings is 1. The summed E-state index contributed by atoms with van der Waals surface area (Å²) in [5.41, 5.74) is 2.86. The summed E-state index contributed by atoms with van der Waals surface area (Å²) in [5, 5.41) is 2.29. The molecule has 0 atom stereocenters. The smallest absolute Gasteiger partial charge is 0.268 e. The van der Waals surface area contributed by atoms with E-state index in [0.29, 0.717) is 16.6 Å². The van der Waals surface area contributed by atoms with Crippen LogP contribution in [-0.2, 0) is 0 Å². The molecule has 0 aliphatic carbocycles. The van der Waals surface area contributed by atoms with E-state index >= 15 is 0 Å². The highest BCUT2D eigenvalue weighted by Crippen LogP contribution is 2.36. The second-order valence-electron chi connectivity index (χ2n) is 6.11. The van der Waals surface area contributed by atoms with Crippen LogP contribution >= 0.6 is 22.9 Å². The Hall–Kier alpha value is -2.43. The van der Waals surface area contributed by atoms with Gasteiger partial charge in [-0.1, -0.05) is 48.0 Å². The maximum absolute atomic E-state index is 13.2. The van der Waals surface area contributed by atoms with Crippen LogP contribution in [0.3, 0.4) is 0 Å². The van der Waals surface area contributed by atoms with Crippen LogP contribution in [0.2, 0.25) is 5.15 Å². The summed E-state index contributed by atoms with van der Waals surface area (Å²) in [6, 6.07) is 17.7. The third-order valence-corrected chi connectivity index (χ3v) is 5.94. The summed E-state index contributed by atoms with van der Waals surface area (Å²) in [6.07, 6.45) is 0. The fourth-order valence-electron chi connectivity index (χ4n) is 3.20. The van der Waals surface area contributed by atoms with Gasteiger partial charge in [0, 0.05) is 27.7 Å². The molecule has 0 N–H and O–H groups in total. The lowest BCUT2D eigenvalue weighted by atomic mass is 10.1. The van der Waals surface area contributed by atoms with E-state index in [1.165, 1.54) is 11.3 Å². The number of amides is 1. The Balaban J connectivity index is 1.86. The number of benzene rings is 2. The Morgan fingerprint density at radius 2 is 1.85 bits per heavy atom. The van der Waals surface area contributed by atoms with E-state index < -0.39 is 0 Å². The Bertz CT molecular complexity index is 1140. The Morgan fingerprint density at radius 3 is 2.62 bits per heavy atom. The zero-order chi connectivity index (χ0) is 18.3. The molecule has 2 aromatic carbocycles. The van der Waals surface area contributed by atoms with E-state index in [0.717, 1.165) is 32.2 Å². The van der Waals surface area contributed by atoms with Crippen molar-refractivity contribution in [3.05, 3.63) is 70.2 Å². The highest BCUT2D eigenvalue weighted by Gasteiger charge is 2.21. The molecule has 2 aromatic heterocycles. The summed E-state index contributed by atoms with van der Waals surface area (Å²) in [7, 11) is 0. The Morgan fingerprint density at radius 1 is 1.12 bits per heavy atom. The lowest BCUT2D eigenvalue weighted by Crippen LogP contribution is -2.30. The minimum Gasteiger partial charge on any atom is -0.308 e. The van der Waals surface area contributed by atoms with E-state index in [1.807, 2.05) is 73.3 Å². The van der Waals surface area contributed by atoms with Crippen molar-refractivity contribution in [2.45, 2.75) is 13.8 Å². The summed E-state index contributed by atoms with van der Waals surface area (Å²) in [4.78, 5) is 20.2. The van der Waals surface area contributed by atoms with Gasteiger partial charge in [0.15, 0.2) is 0 Å². The zero-order valence-corrected chi connectivity index (χ0v) is 16.1. The summed E-state index contributed by atoms with van der Waals surface area (Å²) >= 11 is 7.86. The zero-order valence-electron chi connectivity index (χ0n) is 14.5. The van der Waals surface area contributed by atoms with Gasteiger partial charge in [0.1, 0.15) is 5.15 Å². The number of nitrogens with zero attached hydrogens (tertiary/aromatic N) is 2. The predicted octanol–water partition coefficient (Wildman–Crippen LogP) is 6.08. The van der Waals surface area contributed by atoms with Crippen LogP contribution in [0.5, 0.6) is 0 Å². The van der Waals surface area contributed by atoms with E-state index in [1.54, 1.807) is 0 Å². The summed E-state index contributed by atoms with van der Waals surface area (Å²) in [5.74, 6) is -0.0110. The van der Waals surface area contributed by atoms with Crippen LogP contribution in [0.15, 0.2) is 54.6 Å². The SMILES string of the molecule is CCN(C(=O)c1cc2c(Cl)nc3ccccc3c2s1)c1ccccc1C. The number of fused-ring (bicyclic) bond motifs is 3. The molecule has 4 rings (SSSR count). The fraction of sp³-hybridized carbons (Fsp3) is 0.143. The monoisotopic (exact) mass is 380 g/mol. The fourth-order valence-corrected chi connectivity index (χ4v) is 4.64. The predicted molar refractivity (Wildman–Crippen MR) is 111 cm³/mol. The van der Waals surface area contributed by atoms with Crippen molar-refractivity contribution in [1.82, 2.24) is 4.98 Å². The second-order valence-corrected chi connectivity index (χ2v) is 7.52. The molecular formula is C21H17ClN2OS. The van der Waals surface area contributed by atoms with Gasteiger partial charge in [-0.05, 0) is 37.6 Å². The highest BCUT2D eigenvalue weighted by molar-refractivity contribution is 7.22. The number of aromatic nitrogens is 1. The van der Waals surface area contributed by atoms with Crippen molar-refractivity contribution in [1.29, 1.82) is 0 Å². The lowest BCUT2D eigenvalue weighted by molar-refractivity contribution is 0.0992. The Kier molecular flexibility index (Phi) is 4.39. The van der Waals surface area contributed by atoms with Crippen molar-refractivity contribution in [3.63, 3.8) is 0 Å². The molecule has 0 saturated carbocycles. The van der Waals surface area contributed by atoms with Gasteiger partial charge < -0.3 is 4.90 Å².